The van der Waals surface area contributed by atoms with Crippen LogP contribution in [0.25, 0.3) is 11.3 Å². The van der Waals surface area contributed by atoms with Gasteiger partial charge in [-0.15, -0.1) is 0 Å². The summed E-state index contributed by atoms with van der Waals surface area (Å²) in [5, 5.41) is 7.48. The van der Waals surface area contributed by atoms with Gasteiger partial charge in [0, 0.05) is 31.4 Å². The normalized spacial score (nSPS) is 18.3. The highest BCUT2D eigenvalue weighted by molar-refractivity contribution is 5.80. The summed E-state index contributed by atoms with van der Waals surface area (Å²) in [5.41, 5.74) is 3.73. The van der Waals surface area contributed by atoms with Crippen molar-refractivity contribution in [2.24, 2.45) is 0 Å². The Kier molecular flexibility index (Phi) is 5.75. The molecule has 2 aliphatic rings. The number of carbonyl (C=O) groups excluding carboxylic acids is 1. The minimum atomic E-state index is -0.0246. The maximum Gasteiger partial charge on any atom is 0.227 e. The molecule has 0 bridgehead atoms. The molecule has 0 radical (unpaired) electrons. The Morgan fingerprint density at radius 2 is 1.94 bits per heavy atom. The lowest BCUT2D eigenvalue weighted by atomic mass is 10.0. The van der Waals surface area contributed by atoms with Crippen molar-refractivity contribution in [1.82, 2.24) is 25.1 Å². The summed E-state index contributed by atoms with van der Waals surface area (Å²) in [6, 6.07) is 9.58. The maximum absolute atomic E-state index is 13.2. The Morgan fingerprint density at radius 3 is 2.72 bits per heavy atom. The fraction of sp³-hybridized carbons (Fsp3) is 0.417. The minimum absolute atomic E-state index is 0.0246. The van der Waals surface area contributed by atoms with Gasteiger partial charge in [-0.3, -0.25) is 9.89 Å². The van der Waals surface area contributed by atoms with Gasteiger partial charge in [-0.25, -0.2) is 9.97 Å². The molecule has 2 aliphatic heterocycles. The van der Waals surface area contributed by atoms with E-state index in [1.54, 1.807) is 7.11 Å². The molecule has 8 nitrogen and oxygen atoms in total. The van der Waals surface area contributed by atoms with E-state index < -0.39 is 0 Å². The van der Waals surface area contributed by atoms with Crippen LogP contribution in [0.3, 0.4) is 0 Å². The molecule has 2 fully saturated rings. The molecular weight excluding hydrogens is 404 g/mol. The van der Waals surface area contributed by atoms with Crippen molar-refractivity contribution in [1.29, 1.82) is 0 Å². The third-order valence-electron chi connectivity index (χ3n) is 6.40. The first-order valence-electron chi connectivity index (χ1n) is 11.3. The number of amides is 1. The molecule has 1 atom stereocenters. The minimum Gasteiger partial charge on any atom is -0.497 e. The second kappa shape index (κ2) is 8.98. The summed E-state index contributed by atoms with van der Waals surface area (Å²) in [6.07, 6.45) is 8.24. The third-order valence-corrected chi connectivity index (χ3v) is 6.40. The van der Waals surface area contributed by atoms with Crippen LogP contribution < -0.4 is 9.64 Å². The summed E-state index contributed by atoms with van der Waals surface area (Å²) in [5.74, 6) is 1.69. The zero-order chi connectivity index (χ0) is 21.9. The van der Waals surface area contributed by atoms with Crippen LogP contribution in [0.1, 0.15) is 43.0 Å². The lowest BCUT2D eigenvalue weighted by Crippen LogP contribution is -2.32. The average molecular weight is 433 g/mol. The highest BCUT2D eigenvalue weighted by Crippen LogP contribution is 2.36. The number of methoxy groups -OCH3 is 1. The number of nitrogens with one attached hydrogen (secondary N) is 1. The first kappa shape index (κ1) is 20.5. The Labute approximate surface area is 187 Å². The number of anilines is 1. The van der Waals surface area contributed by atoms with E-state index in [9.17, 15) is 4.79 Å². The molecule has 5 rings (SSSR count). The SMILES string of the molecule is COc1ccc(CC(=O)N2CCC[C@H]2c2[nH]ncc2-c2ccnc(N3CCCC3)n2)cc1. The molecule has 0 saturated carbocycles. The monoisotopic (exact) mass is 432 g/mol. The first-order chi connectivity index (χ1) is 15.7. The Bertz CT molecular complexity index is 1070. The second-order valence-corrected chi connectivity index (χ2v) is 8.40. The van der Waals surface area contributed by atoms with Crippen molar-refractivity contribution < 1.29 is 9.53 Å². The molecule has 3 aromatic rings. The number of H-pyrrole nitrogens is 1. The fourth-order valence-corrected chi connectivity index (χ4v) is 4.71. The highest BCUT2D eigenvalue weighted by atomic mass is 16.5. The Morgan fingerprint density at radius 1 is 1.12 bits per heavy atom. The van der Waals surface area contributed by atoms with Gasteiger partial charge in [0.1, 0.15) is 5.75 Å². The number of rotatable bonds is 6. The molecule has 0 aliphatic carbocycles. The van der Waals surface area contributed by atoms with Crippen LogP contribution in [0.5, 0.6) is 5.75 Å². The number of nitrogens with zero attached hydrogens (tertiary/aromatic N) is 5. The molecule has 1 N–H and O–H groups in total. The topological polar surface area (TPSA) is 87.2 Å². The van der Waals surface area contributed by atoms with E-state index in [4.69, 9.17) is 9.72 Å². The Balaban J connectivity index is 1.36. The number of carbonyl (C=O) groups is 1. The predicted molar refractivity (Wildman–Crippen MR) is 121 cm³/mol. The molecule has 2 saturated heterocycles. The molecular formula is C24H28N6O2. The van der Waals surface area contributed by atoms with Crippen LogP contribution in [-0.4, -0.2) is 57.7 Å². The van der Waals surface area contributed by atoms with Crippen LogP contribution in [0.2, 0.25) is 0 Å². The molecule has 1 aromatic carbocycles. The van der Waals surface area contributed by atoms with E-state index in [1.807, 2.05) is 47.6 Å². The molecule has 0 unspecified atom stereocenters. The summed E-state index contributed by atoms with van der Waals surface area (Å²) in [7, 11) is 1.64. The van der Waals surface area contributed by atoms with Gasteiger partial charge in [0.2, 0.25) is 11.9 Å². The summed E-state index contributed by atoms with van der Waals surface area (Å²) >= 11 is 0. The van der Waals surface area contributed by atoms with Gasteiger partial charge in [0.15, 0.2) is 0 Å². The molecule has 0 spiro atoms. The molecule has 8 heteroatoms. The van der Waals surface area contributed by atoms with Crippen LogP contribution in [0.4, 0.5) is 5.95 Å². The molecule has 32 heavy (non-hydrogen) atoms. The van der Waals surface area contributed by atoms with Crippen molar-refractivity contribution in [3.8, 4) is 17.0 Å². The number of hydrogen-bond acceptors (Lipinski definition) is 6. The quantitative estimate of drug-likeness (QED) is 0.643. The van der Waals surface area contributed by atoms with Crippen LogP contribution >= 0.6 is 0 Å². The standard InChI is InChI=1S/C24H28N6O2/c1-32-18-8-6-17(7-9-18)15-22(31)30-14-4-5-21(30)23-19(16-26-28-23)20-10-11-25-24(27-20)29-12-2-3-13-29/h6-11,16,21H,2-5,12-15H2,1H3,(H,26,28)/t21-/m0/s1. The van der Waals surface area contributed by atoms with Crippen molar-refractivity contribution in [3.05, 3.63) is 54.0 Å². The van der Waals surface area contributed by atoms with Crippen LogP contribution in [0, 0.1) is 0 Å². The van der Waals surface area contributed by atoms with Gasteiger partial charge in [-0.2, -0.15) is 5.10 Å². The van der Waals surface area contributed by atoms with Crippen molar-refractivity contribution in [2.75, 3.05) is 31.6 Å². The number of hydrogen-bond donors (Lipinski definition) is 1. The van der Waals surface area contributed by atoms with E-state index in [-0.39, 0.29) is 11.9 Å². The summed E-state index contributed by atoms with van der Waals surface area (Å²) in [6.45, 7) is 2.75. The van der Waals surface area contributed by atoms with Crippen LogP contribution in [0.15, 0.2) is 42.7 Å². The van der Waals surface area contributed by atoms with E-state index >= 15 is 0 Å². The van der Waals surface area contributed by atoms with Gasteiger partial charge in [-0.05, 0) is 49.4 Å². The molecule has 1 amide bonds. The van der Waals surface area contributed by atoms with Crippen LogP contribution in [-0.2, 0) is 11.2 Å². The van der Waals surface area contributed by atoms with Gasteiger partial charge >= 0.3 is 0 Å². The second-order valence-electron chi connectivity index (χ2n) is 8.40. The molecule has 166 valence electrons. The third kappa shape index (κ3) is 4.04. The van der Waals surface area contributed by atoms with Gasteiger partial charge in [0.05, 0.1) is 37.2 Å². The molecule has 2 aromatic heterocycles. The highest BCUT2D eigenvalue weighted by Gasteiger charge is 2.33. The lowest BCUT2D eigenvalue weighted by Gasteiger charge is -2.25. The smallest absolute Gasteiger partial charge is 0.227 e. The number of aromatic amines is 1. The number of ether oxygens (including phenoxy) is 1. The van der Waals surface area contributed by atoms with Gasteiger partial charge < -0.3 is 14.5 Å². The van der Waals surface area contributed by atoms with E-state index in [1.165, 1.54) is 12.8 Å². The zero-order valence-corrected chi connectivity index (χ0v) is 18.3. The largest absolute Gasteiger partial charge is 0.497 e. The lowest BCUT2D eigenvalue weighted by molar-refractivity contribution is -0.131. The number of benzene rings is 1. The van der Waals surface area contributed by atoms with Crippen molar-refractivity contribution >= 4 is 11.9 Å². The predicted octanol–water partition coefficient (Wildman–Crippen LogP) is 3.38. The van der Waals surface area contributed by atoms with Crippen molar-refractivity contribution in [3.63, 3.8) is 0 Å². The number of likely N-dealkylation sites (tertiary alicyclic amines) is 1. The number of aromatic nitrogens is 4. The van der Waals surface area contributed by atoms with Gasteiger partial charge in [-0.1, -0.05) is 12.1 Å². The maximum atomic E-state index is 13.2. The van der Waals surface area contributed by atoms with E-state index in [0.29, 0.717) is 6.42 Å². The fourth-order valence-electron chi connectivity index (χ4n) is 4.71. The molecule has 4 heterocycles. The van der Waals surface area contributed by atoms with Gasteiger partial charge in [0.25, 0.3) is 0 Å². The van der Waals surface area contributed by atoms with Crippen molar-refractivity contribution in [2.45, 2.75) is 38.1 Å². The van der Waals surface area contributed by atoms with E-state index in [0.717, 1.165) is 66.7 Å². The van der Waals surface area contributed by atoms with E-state index in [2.05, 4.69) is 20.1 Å². The first-order valence-corrected chi connectivity index (χ1v) is 11.3. The summed E-state index contributed by atoms with van der Waals surface area (Å²) < 4.78 is 5.22. The zero-order valence-electron chi connectivity index (χ0n) is 18.3. The average Bonchev–Trinajstić information content (AvgIpc) is 3.61. The summed E-state index contributed by atoms with van der Waals surface area (Å²) in [4.78, 5) is 26.7. The Hall–Kier alpha value is -3.42.